The molecule has 0 aromatic rings. The summed E-state index contributed by atoms with van der Waals surface area (Å²) in [6, 6.07) is 0. The molecule has 0 unspecified atom stereocenters. The van der Waals surface area contributed by atoms with Crippen molar-refractivity contribution < 1.29 is 17.5 Å². The normalized spacial score (nSPS) is 25.5. The van der Waals surface area contributed by atoms with Gasteiger partial charge in [-0.15, -0.1) is 0 Å². The molecule has 0 amide bonds. The maximum atomic E-state index is 13.6. The lowest BCUT2D eigenvalue weighted by Gasteiger charge is -2.29. The molecule has 6 heteroatoms. The molecule has 3 aliphatic carbocycles. The fourth-order valence-corrected chi connectivity index (χ4v) is 4.67. The topological polar surface area (TPSA) is 21.6 Å². The lowest BCUT2D eigenvalue weighted by Crippen LogP contribution is -2.33. The molecule has 0 N–H and O–H groups in total. The van der Waals surface area contributed by atoms with Crippen molar-refractivity contribution in [1.29, 1.82) is 0 Å². The highest BCUT2D eigenvalue weighted by Crippen LogP contribution is 2.57. The molecule has 3 aliphatic rings. The van der Waals surface area contributed by atoms with Crippen LogP contribution in [0.15, 0.2) is 64.4 Å². The second-order valence-corrected chi connectivity index (χ2v) is 7.24. The molecule has 0 aromatic heterocycles. The smallest absolute Gasteiger partial charge is 0.322 e. The quantitative estimate of drug-likeness (QED) is 0.169. The van der Waals surface area contributed by atoms with Crippen LogP contribution in [0.2, 0.25) is 0 Å². The minimum Gasteiger partial charge on any atom is -0.322 e. The molecule has 0 spiro atoms. The molecule has 26 heavy (non-hydrogen) atoms. The van der Waals surface area contributed by atoms with Crippen molar-refractivity contribution in [3.05, 3.63) is 59.3 Å². The summed E-state index contributed by atoms with van der Waals surface area (Å²) in [6.45, 7) is 7.73. The number of allylic oxidation sites excluding steroid dienone is 8. The zero-order valence-electron chi connectivity index (χ0n) is 14.7. The summed E-state index contributed by atoms with van der Waals surface area (Å²) in [5.74, 6) is -0.542. The second kappa shape index (κ2) is 7.51. The Balaban J connectivity index is 1.96. The summed E-state index contributed by atoms with van der Waals surface area (Å²) in [5, 5.41) is 3.45. The van der Waals surface area contributed by atoms with Crippen LogP contribution >= 0.6 is 12.0 Å². The Bertz CT molecular complexity index is 713. The third-order valence-corrected chi connectivity index (χ3v) is 5.62. The molecule has 140 valence electrons. The van der Waals surface area contributed by atoms with E-state index in [0.717, 1.165) is 48.0 Å². The lowest BCUT2D eigenvalue weighted by atomic mass is 9.76. The van der Waals surface area contributed by atoms with Gasteiger partial charge in [-0.05, 0) is 32.1 Å². The Morgan fingerprint density at radius 1 is 1.19 bits per heavy atom. The standard InChI is InChI=1S/C20H22F3NOS/c1-4-5-6-12(2)11-17-13-7-8-14(17)16-10-9-15(13)18(16)19(20(21,22)23)24-25-26-3/h4-6,17-18H,1-2,7-11H2,3H3/b6-5-,24-19-. The van der Waals surface area contributed by atoms with Gasteiger partial charge in [0.1, 0.15) is 0 Å². The third-order valence-electron chi connectivity index (χ3n) is 5.40. The van der Waals surface area contributed by atoms with Gasteiger partial charge in [0.2, 0.25) is 0 Å². The first-order valence-electron chi connectivity index (χ1n) is 8.63. The van der Waals surface area contributed by atoms with Crippen molar-refractivity contribution in [2.45, 2.75) is 38.3 Å². The predicted molar refractivity (Wildman–Crippen MR) is 101 cm³/mol. The Kier molecular flexibility index (Phi) is 5.51. The van der Waals surface area contributed by atoms with Crippen molar-refractivity contribution in [2.24, 2.45) is 17.0 Å². The van der Waals surface area contributed by atoms with Crippen LogP contribution in [0.1, 0.15) is 32.1 Å². The highest BCUT2D eigenvalue weighted by atomic mass is 32.2. The van der Waals surface area contributed by atoms with E-state index in [0.29, 0.717) is 12.8 Å². The molecule has 0 atom stereocenters. The van der Waals surface area contributed by atoms with Crippen molar-refractivity contribution in [2.75, 3.05) is 6.26 Å². The highest BCUT2D eigenvalue weighted by molar-refractivity contribution is 7.93. The van der Waals surface area contributed by atoms with E-state index < -0.39 is 17.8 Å². The molecule has 0 aromatic carbocycles. The van der Waals surface area contributed by atoms with Gasteiger partial charge in [-0.1, -0.05) is 64.4 Å². The van der Waals surface area contributed by atoms with Gasteiger partial charge in [0.15, 0.2) is 5.71 Å². The summed E-state index contributed by atoms with van der Waals surface area (Å²) >= 11 is 0.820. The number of hydrogen-bond donors (Lipinski definition) is 0. The Morgan fingerprint density at radius 3 is 2.27 bits per heavy atom. The maximum Gasteiger partial charge on any atom is 0.433 e. The largest absolute Gasteiger partial charge is 0.433 e. The molecule has 0 radical (unpaired) electrons. The number of fused-ring (bicyclic) bond motifs is 4. The van der Waals surface area contributed by atoms with E-state index in [4.69, 9.17) is 4.28 Å². The van der Waals surface area contributed by atoms with Crippen molar-refractivity contribution in [3.8, 4) is 0 Å². The number of halogens is 3. The van der Waals surface area contributed by atoms with E-state index in [-0.39, 0.29) is 5.92 Å². The molecule has 0 heterocycles. The van der Waals surface area contributed by atoms with Gasteiger partial charge >= 0.3 is 6.18 Å². The average Bonchev–Trinajstić information content (AvgIpc) is 3.06. The number of oxime groups is 1. The molecule has 2 nitrogen and oxygen atoms in total. The van der Waals surface area contributed by atoms with Gasteiger partial charge < -0.3 is 4.28 Å². The number of alkyl halides is 3. The second-order valence-electron chi connectivity index (χ2n) is 6.76. The first-order chi connectivity index (χ1) is 12.4. The van der Waals surface area contributed by atoms with Gasteiger partial charge in [0.05, 0.1) is 18.0 Å². The summed E-state index contributed by atoms with van der Waals surface area (Å²) in [4.78, 5) is 0. The van der Waals surface area contributed by atoms with E-state index in [1.54, 1.807) is 12.3 Å². The average molecular weight is 381 g/mol. The summed E-state index contributed by atoms with van der Waals surface area (Å²) in [6.07, 6.45) is 6.36. The van der Waals surface area contributed by atoms with Crippen LogP contribution in [0.25, 0.3) is 0 Å². The summed E-state index contributed by atoms with van der Waals surface area (Å²) in [7, 11) is 0. The Labute approximate surface area is 156 Å². The van der Waals surface area contributed by atoms with E-state index in [2.05, 4.69) is 18.3 Å². The van der Waals surface area contributed by atoms with Crippen molar-refractivity contribution in [1.82, 2.24) is 0 Å². The van der Waals surface area contributed by atoms with Gasteiger partial charge in [-0.25, -0.2) is 0 Å². The minimum absolute atomic E-state index is 0.205. The SMILES string of the molecule is C=C/C=C\C(=C)CC1C2=C3CCC(=C1CC2)C3/C(=N/OSC)C(F)(F)F. The molecule has 0 aliphatic heterocycles. The van der Waals surface area contributed by atoms with Crippen molar-refractivity contribution >= 4 is 17.8 Å². The summed E-state index contributed by atoms with van der Waals surface area (Å²) in [5.41, 5.74) is 4.32. The number of hydrogen-bond acceptors (Lipinski definition) is 3. The predicted octanol–water partition coefficient (Wildman–Crippen LogP) is 6.31. The molecule has 2 fully saturated rings. The summed E-state index contributed by atoms with van der Waals surface area (Å²) < 4.78 is 45.6. The fraction of sp³-hybridized carbons (Fsp3) is 0.450. The molecule has 0 saturated heterocycles. The Hall–Kier alpha value is -1.69. The zero-order chi connectivity index (χ0) is 18.9. The third kappa shape index (κ3) is 3.43. The zero-order valence-corrected chi connectivity index (χ0v) is 15.6. The van der Waals surface area contributed by atoms with Crippen molar-refractivity contribution in [3.63, 3.8) is 0 Å². The number of nitrogens with zero attached hydrogens (tertiary/aromatic N) is 1. The van der Waals surface area contributed by atoms with Gasteiger partial charge in [-0.3, -0.25) is 0 Å². The van der Waals surface area contributed by atoms with Crippen LogP contribution in [-0.4, -0.2) is 18.1 Å². The first kappa shape index (κ1) is 19.1. The first-order valence-corrected chi connectivity index (χ1v) is 9.78. The van der Waals surface area contributed by atoms with E-state index in [1.807, 2.05) is 12.2 Å². The fourth-order valence-electron chi connectivity index (χ4n) is 4.51. The van der Waals surface area contributed by atoms with E-state index in [9.17, 15) is 13.2 Å². The number of rotatable bonds is 7. The van der Waals surface area contributed by atoms with Gasteiger partial charge in [-0.2, -0.15) is 13.2 Å². The van der Waals surface area contributed by atoms with Gasteiger partial charge in [0.25, 0.3) is 0 Å². The van der Waals surface area contributed by atoms with Crippen LogP contribution in [-0.2, 0) is 4.28 Å². The van der Waals surface area contributed by atoms with Crippen LogP contribution in [0.3, 0.4) is 0 Å². The van der Waals surface area contributed by atoms with E-state index >= 15 is 0 Å². The van der Waals surface area contributed by atoms with Gasteiger partial charge in [0, 0.05) is 12.2 Å². The lowest BCUT2D eigenvalue weighted by molar-refractivity contribution is -0.0633. The molecule has 2 saturated carbocycles. The monoisotopic (exact) mass is 381 g/mol. The van der Waals surface area contributed by atoms with E-state index in [1.165, 1.54) is 11.1 Å². The minimum atomic E-state index is -4.50. The van der Waals surface area contributed by atoms with Crippen LogP contribution in [0, 0.1) is 11.8 Å². The molecule has 3 rings (SSSR count). The molecule has 4 bridgehead atoms. The Morgan fingerprint density at radius 2 is 1.77 bits per heavy atom. The maximum absolute atomic E-state index is 13.6. The molecular formula is C20H22F3NOS. The molecular weight excluding hydrogens is 359 g/mol. The van der Waals surface area contributed by atoms with Crippen LogP contribution < -0.4 is 0 Å². The highest BCUT2D eigenvalue weighted by Gasteiger charge is 2.51. The van der Waals surface area contributed by atoms with Crippen LogP contribution in [0.4, 0.5) is 13.2 Å². The van der Waals surface area contributed by atoms with Crippen LogP contribution in [0.5, 0.6) is 0 Å².